The lowest BCUT2D eigenvalue weighted by atomic mass is 9.88. The highest BCUT2D eigenvalue weighted by Crippen LogP contribution is 2.39. The highest BCUT2D eigenvalue weighted by atomic mass is 19.3. The third kappa shape index (κ3) is 2.15. The standard InChI is InChI=1S/C11H14F2N2/c12-11(13,9-3-6-14-7-4-9)10-2-1-5-15-8-10/h1-2,5,8-9,14H,3-4,6-7H2. The Hall–Kier alpha value is -1.03. The van der Waals surface area contributed by atoms with E-state index in [0.717, 1.165) is 0 Å². The Labute approximate surface area is 87.7 Å². The largest absolute Gasteiger partial charge is 0.317 e. The Morgan fingerprint density at radius 2 is 2.07 bits per heavy atom. The molecule has 0 atom stereocenters. The van der Waals surface area contributed by atoms with Gasteiger partial charge in [0.2, 0.25) is 0 Å². The summed E-state index contributed by atoms with van der Waals surface area (Å²) in [7, 11) is 0. The van der Waals surface area contributed by atoms with Crippen LogP contribution >= 0.6 is 0 Å². The van der Waals surface area contributed by atoms with Crippen LogP contribution < -0.4 is 5.32 Å². The van der Waals surface area contributed by atoms with E-state index in [1.54, 1.807) is 6.07 Å². The van der Waals surface area contributed by atoms with E-state index in [9.17, 15) is 8.78 Å². The fourth-order valence-corrected chi connectivity index (χ4v) is 1.98. The summed E-state index contributed by atoms with van der Waals surface area (Å²) in [6, 6.07) is 3.01. The molecule has 0 amide bonds. The molecule has 1 aliphatic rings. The van der Waals surface area contributed by atoms with Crippen LogP contribution in [0.5, 0.6) is 0 Å². The Kier molecular flexibility index (Phi) is 2.95. The molecule has 1 fully saturated rings. The van der Waals surface area contributed by atoms with Crippen LogP contribution in [0.25, 0.3) is 0 Å². The number of piperidine rings is 1. The first-order valence-electron chi connectivity index (χ1n) is 5.20. The van der Waals surface area contributed by atoms with Gasteiger partial charge in [0.25, 0.3) is 5.92 Å². The molecular weight excluding hydrogens is 198 g/mol. The van der Waals surface area contributed by atoms with E-state index in [4.69, 9.17) is 0 Å². The van der Waals surface area contributed by atoms with Gasteiger partial charge in [0.1, 0.15) is 0 Å². The van der Waals surface area contributed by atoms with Crippen LogP contribution in [0.3, 0.4) is 0 Å². The van der Waals surface area contributed by atoms with E-state index in [1.165, 1.54) is 18.5 Å². The smallest absolute Gasteiger partial charge is 0.277 e. The first kappa shape index (κ1) is 10.5. The summed E-state index contributed by atoms with van der Waals surface area (Å²) in [5.41, 5.74) is 0.0388. The first-order valence-corrected chi connectivity index (χ1v) is 5.20. The van der Waals surface area contributed by atoms with Crippen LogP contribution in [-0.4, -0.2) is 18.1 Å². The molecule has 1 aromatic rings. The molecule has 2 nitrogen and oxygen atoms in total. The topological polar surface area (TPSA) is 24.9 Å². The molecule has 0 spiro atoms. The molecule has 0 saturated carbocycles. The molecule has 0 aliphatic carbocycles. The van der Waals surface area contributed by atoms with Gasteiger partial charge in [-0.2, -0.15) is 0 Å². The number of hydrogen-bond acceptors (Lipinski definition) is 2. The SMILES string of the molecule is FC(F)(c1cccnc1)C1CCNCC1. The average molecular weight is 212 g/mol. The quantitative estimate of drug-likeness (QED) is 0.812. The molecule has 4 heteroatoms. The van der Waals surface area contributed by atoms with Crippen molar-refractivity contribution >= 4 is 0 Å². The molecule has 1 aliphatic heterocycles. The highest BCUT2D eigenvalue weighted by Gasteiger charge is 2.41. The molecule has 0 bridgehead atoms. The minimum absolute atomic E-state index is 0.0388. The number of rotatable bonds is 2. The molecule has 1 N–H and O–H groups in total. The highest BCUT2D eigenvalue weighted by molar-refractivity contribution is 5.16. The maximum atomic E-state index is 14.0. The van der Waals surface area contributed by atoms with E-state index >= 15 is 0 Å². The number of alkyl halides is 2. The van der Waals surface area contributed by atoms with E-state index in [0.29, 0.717) is 25.9 Å². The van der Waals surface area contributed by atoms with Crippen molar-refractivity contribution in [1.82, 2.24) is 10.3 Å². The van der Waals surface area contributed by atoms with Gasteiger partial charge in [0.15, 0.2) is 0 Å². The van der Waals surface area contributed by atoms with Crippen molar-refractivity contribution < 1.29 is 8.78 Å². The number of halogens is 2. The van der Waals surface area contributed by atoms with Gasteiger partial charge in [-0.1, -0.05) is 0 Å². The Bertz CT molecular complexity index is 308. The van der Waals surface area contributed by atoms with Crippen LogP contribution in [0.4, 0.5) is 8.78 Å². The van der Waals surface area contributed by atoms with Gasteiger partial charge in [0.05, 0.1) is 0 Å². The molecule has 2 rings (SSSR count). The van der Waals surface area contributed by atoms with Gasteiger partial charge in [0, 0.05) is 23.9 Å². The molecule has 2 heterocycles. The van der Waals surface area contributed by atoms with Crippen LogP contribution in [0.1, 0.15) is 18.4 Å². The minimum Gasteiger partial charge on any atom is -0.317 e. The number of nitrogens with zero attached hydrogens (tertiary/aromatic N) is 1. The molecule has 0 unspecified atom stereocenters. The van der Waals surface area contributed by atoms with E-state index < -0.39 is 11.8 Å². The maximum Gasteiger partial charge on any atom is 0.277 e. The third-order valence-electron chi connectivity index (χ3n) is 2.90. The fourth-order valence-electron chi connectivity index (χ4n) is 1.98. The van der Waals surface area contributed by atoms with Crippen molar-refractivity contribution in [3.05, 3.63) is 30.1 Å². The number of aromatic nitrogens is 1. The number of pyridine rings is 1. The lowest BCUT2D eigenvalue weighted by molar-refractivity contribution is -0.0756. The summed E-state index contributed by atoms with van der Waals surface area (Å²) < 4.78 is 27.9. The van der Waals surface area contributed by atoms with Gasteiger partial charge < -0.3 is 5.32 Å². The van der Waals surface area contributed by atoms with Crippen molar-refractivity contribution in [1.29, 1.82) is 0 Å². The summed E-state index contributed by atoms with van der Waals surface area (Å²) in [5.74, 6) is -3.29. The maximum absolute atomic E-state index is 14.0. The Morgan fingerprint density at radius 1 is 1.33 bits per heavy atom. The normalized spacial score (nSPS) is 19.1. The second-order valence-corrected chi connectivity index (χ2v) is 3.89. The lowest BCUT2D eigenvalue weighted by Crippen LogP contribution is -2.36. The van der Waals surface area contributed by atoms with Crippen LogP contribution in [0.2, 0.25) is 0 Å². The first-order chi connectivity index (χ1) is 7.21. The monoisotopic (exact) mass is 212 g/mol. The molecule has 1 saturated heterocycles. The summed E-state index contributed by atoms with van der Waals surface area (Å²) in [5, 5.41) is 3.09. The average Bonchev–Trinajstić information content (AvgIpc) is 2.31. The third-order valence-corrected chi connectivity index (χ3v) is 2.90. The van der Waals surface area contributed by atoms with Crippen molar-refractivity contribution in [3.8, 4) is 0 Å². The zero-order chi connectivity index (χ0) is 10.7. The van der Waals surface area contributed by atoms with Crippen LogP contribution in [-0.2, 0) is 5.92 Å². The second kappa shape index (κ2) is 4.23. The zero-order valence-corrected chi connectivity index (χ0v) is 8.42. The number of nitrogens with one attached hydrogen (secondary N) is 1. The van der Waals surface area contributed by atoms with Crippen LogP contribution in [0.15, 0.2) is 24.5 Å². The summed E-state index contributed by atoms with van der Waals surface area (Å²) in [4.78, 5) is 3.75. The fraction of sp³-hybridized carbons (Fsp3) is 0.545. The lowest BCUT2D eigenvalue weighted by Gasteiger charge is -2.30. The molecule has 0 radical (unpaired) electrons. The van der Waals surface area contributed by atoms with Gasteiger partial charge in [-0.05, 0) is 38.1 Å². The summed E-state index contributed by atoms with van der Waals surface area (Å²) in [6.07, 6.45) is 3.84. The van der Waals surface area contributed by atoms with Gasteiger partial charge >= 0.3 is 0 Å². The summed E-state index contributed by atoms with van der Waals surface area (Å²) in [6.45, 7) is 1.36. The zero-order valence-electron chi connectivity index (χ0n) is 8.42. The second-order valence-electron chi connectivity index (χ2n) is 3.89. The van der Waals surface area contributed by atoms with E-state index in [1.807, 2.05) is 0 Å². The summed E-state index contributed by atoms with van der Waals surface area (Å²) >= 11 is 0. The van der Waals surface area contributed by atoms with Crippen molar-refractivity contribution in [2.24, 2.45) is 5.92 Å². The van der Waals surface area contributed by atoms with Gasteiger partial charge in [-0.3, -0.25) is 4.98 Å². The van der Waals surface area contributed by atoms with Gasteiger partial charge in [-0.15, -0.1) is 0 Å². The van der Waals surface area contributed by atoms with Crippen molar-refractivity contribution in [2.75, 3.05) is 13.1 Å². The molecular formula is C11H14F2N2. The van der Waals surface area contributed by atoms with Crippen LogP contribution in [0, 0.1) is 5.92 Å². The number of hydrogen-bond donors (Lipinski definition) is 1. The van der Waals surface area contributed by atoms with E-state index in [-0.39, 0.29) is 5.56 Å². The van der Waals surface area contributed by atoms with Gasteiger partial charge in [-0.25, -0.2) is 8.78 Å². The minimum atomic E-state index is -2.74. The molecule has 82 valence electrons. The predicted molar refractivity (Wildman–Crippen MR) is 53.7 cm³/mol. The molecule has 0 aromatic carbocycles. The van der Waals surface area contributed by atoms with E-state index in [2.05, 4.69) is 10.3 Å². The van der Waals surface area contributed by atoms with Crippen molar-refractivity contribution in [3.63, 3.8) is 0 Å². The molecule has 15 heavy (non-hydrogen) atoms. The predicted octanol–water partition coefficient (Wildman–Crippen LogP) is 2.17. The van der Waals surface area contributed by atoms with Crippen molar-refractivity contribution in [2.45, 2.75) is 18.8 Å². The Morgan fingerprint density at radius 3 is 2.67 bits per heavy atom. The molecule has 1 aromatic heterocycles. The Balaban J connectivity index is 2.18.